The van der Waals surface area contributed by atoms with Gasteiger partial charge in [0.1, 0.15) is 29.0 Å². The number of nitrogens with one attached hydrogen (secondary N) is 1. The Morgan fingerprint density at radius 2 is 1.94 bits per heavy atom. The predicted molar refractivity (Wildman–Crippen MR) is 122 cm³/mol. The molecule has 1 amide bonds. The predicted octanol–water partition coefficient (Wildman–Crippen LogP) is 6.00. The lowest BCUT2D eigenvalue weighted by atomic mass is 10.0. The van der Waals surface area contributed by atoms with Crippen LogP contribution >= 0.6 is 11.6 Å². The molecule has 1 aromatic heterocycles. The first-order valence-corrected chi connectivity index (χ1v) is 11.1. The van der Waals surface area contributed by atoms with E-state index in [-0.39, 0.29) is 16.7 Å². The fourth-order valence-corrected chi connectivity index (χ4v) is 3.88. The second-order valence-electron chi connectivity index (χ2n) is 8.17. The molecule has 1 unspecified atom stereocenters. The molecule has 5 nitrogen and oxygen atoms in total. The summed E-state index contributed by atoms with van der Waals surface area (Å²) in [6.45, 7) is 5.65. The van der Waals surface area contributed by atoms with E-state index < -0.39 is 5.82 Å². The Morgan fingerprint density at radius 1 is 1.19 bits per heavy atom. The average Bonchev–Trinajstić information content (AvgIpc) is 3.14. The summed E-state index contributed by atoms with van der Waals surface area (Å²) in [6, 6.07) is 10.6. The van der Waals surface area contributed by atoms with E-state index in [0.29, 0.717) is 49.2 Å². The molecular weight excluding hydrogens is 434 g/mol. The second-order valence-corrected chi connectivity index (χ2v) is 8.58. The molecule has 0 fully saturated rings. The van der Waals surface area contributed by atoms with Crippen LogP contribution < -0.4 is 5.32 Å². The summed E-state index contributed by atoms with van der Waals surface area (Å²) in [7, 11) is 0. The van der Waals surface area contributed by atoms with Crippen molar-refractivity contribution in [2.24, 2.45) is 5.92 Å². The fourth-order valence-electron chi connectivity index (χ4n) is 3.76. The molecule has 32 heavy (non-hydrogen) atoms. The largest absolute Gasteiger partial charge is 0.340 e. The number of nitrogens with zero attached hydrogens (tertiary/aromatic N) is 3. The Kier molecular flexibility index (Phi) is 6.46. The van der Waals surface area contributed by atoms with Crippen LogP contribution in [0.3, 0.4) is 0 Å². The number of amides is 1. The van der Waals surface area contributed by atoms with Gasteiger partial charge in [-0.25, -0.2) is 13.8 Å². The number of anilines is 2. The molecule has 2 aromatic carbocycles. The lowest BCUT2D eigenvalue weighted by Gasteiger charge is -2.29. The number of fused-ring (bicyclic) bond motifs is 1. The molecule has 3 aromatic rings. The average molecular weight is 459 g/mol. The Balaban J connectivity index is 1.69. The van der Waals surface area contributed by atoms with Crippen LogP contribution in [0.1, 0.15) is 32.5 Å². The minimum Gasteiger partial charge on any atom is -0.340 e. The van der Waals surface area contributed by atoms with Crippen molar-refractivity contribution < 1.29 is 13.6 Å². The van der Waals surface area contributed by atoms with Gasteiger partial charge < -0.3 is 14.8 Å². The van der Waals surface area contributed by atoms with Crippen molar-refractivity contribution in [3.63, 3.8) is 0 Å². The SMILES string of the molecule is CCC(C)CC(=O)N1CCn2c(nc(-c3ccc(F)cc3)c2Nc2ccc(Cl)c(F)c2)C1. The fraction of sp³-hybridized carbons (Fsp3) is 0.333. The van der Waals surface area contributed by atoms with Crippen LogP contribution in [-0.2, 0) is 17.9 Å². The second kappa shape index (κ2) is 9.28. The van der Waals surface area contributed by atoms with E-state index in [1.807, 2.05) is 9.47 Å². The van der Waals surface area contributed by atoms with E-state index in [0.717, 1.165) is 17.8 Å². The van der Waals surface area contributed by atoms with Gasteiger partial charge in [-0.2, -0.15) is 0 Å². The van der Waals surface area contributed by atoms with Crippen LogP contribution in [-0.4, -0.2) is 26.9 Å². The van der Waals surface area contributed by atoms with Crippen LogP contribution in [0.15, 0.2) is 42.5 Å². The van der Waals surface area contributed by atoms with Gasteiger partial charge in [0.05, 0.1) is 11.6 Å². The van der Waals surface area contributed by atoms with Gasteiger partial charge in [-0.05, 0) is 48.4 Å². The Morgan fingerprint density at radius 3 is 2.62 bits per heavy atom. The standard InChI is InChI=1S/C24H25ClF2N4O/c1-3-15(2)12-22(32)30-10-11-31-21(14-30)29-23(16-4-6-17(26)7-5-16)24(31)28-18-8-9-19(25)20(27)13-18/h4-9,13,15,28H,3,10-12,14H2,1-2H3. The molecule has 0 bridgehead atoms. The lowest BCUT2D eigenvalue weighted by Crippen LogP contribution is -2.39. The summed E-state index contributed by atoms with van der Waals surface area (Å²) < 4.78 is 29.5. The first kappa shape index (κ1) is 22.3. The first-order chi connectivity index (χ1) is 15.4. The zero-order valence-electron chi connectivity index (χ0n) is 18.0. The van der Waals surface area contributed by atoms with E-state index in [1.165, 1.54) is 24.3 Å². The lowest BCUT2D eigenvalue weighted by molar-refractivity contribution is -0.133. The molecule has 168 valence electrons. The number of rotatable bonds is 6. The molecule has 1 aliphatic rings. The summed E-state index contributed by atoms with van der Waals surface area (Å²) in [4.78, 5) is 19.3. The molecule has 1 aliphatic heterocycles. The number of aromatic nitrogens is 2. The number of carbonyl (C=O) groups excluding carboxylic acids is 1. The molecule has 4 rings (SSSR count). The quantitative estimate of drug-likeness (QED) is 0.492. The number of hydrogen-bond acceptors (Lipinski definition) is 3. The summed E-state index contributed by atoms with van der Waals surface area (Å²) in [5.41, 5.74) is 1.86. The van der Waals surface area contributed by atoms with Crippen LogP contribution in [0.4, 0.5) is 20.3 Å². The third-order valence-electron chi connectivity index (χ3n) is 5.85. The number of halogens is 3. The third-order valence-corrected chi connectivity index (χ3v) is 6.15. The van der Waals surface area contributed by atoms with Gasteiger partial charge in [0.15, 0.2) is 0 Å². The molecular formula is C24H25ClF2N4O. The van der Waals surface area contributed by atoms with Crippen molar-refractivity contribution in [2.45, 2.75) is 39.8 Å². The van der Waals surface area contributed by atoms with E-state index in [9.17, 15) is 13.6 Å². The van der Waals surface area contributed by atoms with Gasteiger partial charge in [-0.3, -0.25) is 4.79 Å². The molecule has 0 spiro atoms. The van der Waals surface area contributed by atoms with Crippen LogP contribution in [0.25, 0.3) is 11.3 Å². The van der Waals surface area contributed by atoms with Crippen LogP contribution in [0, 0.1) is 17.6 Å². The Hall–Kier alpha value is -2.93. The minimum atomic E-state index is -0.528. The van der Waals surface area contributed by atoms with Crippen molar-refractivity contribution in [1.29, 1.82) is 0 Å². The molecule has 1 N–H and O–H groups in total. The highest BCUT2D eigenvalue weighted by molar-refractivity contribution is 6.30. The van der Waals surface area contributed by atoms with Crippen molar-refractivity contribution in [1.82, 2.24) is 14.5 Å². The van der Waals surface area contributed by atoms with Crippen molar-refractivity contribution in [3.05, 3.63) is 64.9 Å². The maximum atomic E-state index is 14.0. The maximum Gasteiger partial charge on any atom is 0.223 e. The molecule has 1 atom stereocenters. The van der Waals surface area contributed by atoms with Gasteiger partial charge in [0.25, 0.3) is 0 Å². The zero-order valence-corrected chi connectivity index (χ0v) is 18.8. The molecule has 0 saturated heterocycles. The molecule has 8 heteroatoms. The molecule has 0 aliphatic carbocycles. The number of benzene rings is 2. The molecule has 0 saturated carbocycles. The summed E-state index contributed by atoms with van der Waals surface area (Å²) in [5.74, 6) is 0.976. The Labute approximate surface area is 191 Å². The summed E-state index contributed by atoms with van der Waals surface area (Å²) >= 11 is 5.82. The van der Waals surface area contributed by atoms with Crippen molar-refractivity contribution in [2.75, 3.05) is 11.9 Å². The summed E-state index contributed by atoms with van der Waals surface area (Å²) in [6.07, 6.45) is 1.46. The maximum absolute atomic E-state index is 14.0. The van der Waals surface area contributed by atoms with Gasteiger partial charge in [-0.1, -0.05) is 31.9 Å². The summed E-state index contributed by atoms with van der Waals surface area (Å²) in [5, 5.41) is 3.29. The normalized spacial score (nSPS) is 14.2. The van der Waals surface area contributed by atoms with Gasteiger partial charge in [0.2, 0.25) is 5.91 Å². The molecule has 0 radical (unpaired) electrons. The third kappa shape index (κ3) is 4.63. The van der Waals surface area contributed by atoms with E-state index in [1.54, 1.807) is 18.2 Å². The number of carbonyl (C=O) groups is 1. The topological polar surface area (TPSA) is 50.2 Å². The van der Waals surface area contributed by atoms with Crippen molar-refractivity contribution in [3.8, 4) is 11.3 Å². The monoisotopic (exact) mass is 458 g/mol. The highest BCUT2D eigenvalue weighted by Crippen LogP contribution is 2.34. The van der Waals surface area contributed by atoms with Crippen LogP contribution in [0.2, 0.25) is 5.02 Å². The number of imidazole rings is 1. The van der Waals surface area contributed by atoms with E-state index in [2.05, 4.69) is 19.2 Å². The van der Waals surface area contributed by atoms with Gasteiger partial charge in [0, 0.05) is 30.8 Å². The Bertz CT molecular complexity index is 1130. The van der Waals surface area contributed by atoms with E-state index in [4.69, 9.17) is 16.6 Å². The zero-order chi connectivity index (χ0) is 22.8. The highest BCUT2D eigenvalue weighted by Gasteiger charge is 2.27. The first-order valence-electron chi connectivity index (χ1n) is 10.7. The number of hydrogen-bond donors (Lipinski definition) is 1. The van der Waals surface area contributed by atoms with Crippen LogP contribution in [0.5, 0.6) is 0 Å². The highest BCUT2D eigenvalue weighted by atomic mass is 35.5. The van der Waals surface area contributed by atoms with Gasteiger partial charge in [-0.15, -0.1) is 0 Å². The van der Waals surface area contributed by atoms with Gasteiger partial charge >= 0.3 is 0 Å². The van der Waals surface area contributed by atoms with E-state index >= 15 is 0 Å². The van der Waals surface area contributed by atoms with Crippen molar-refractivity contribution >= 4 is 29.0 Å². The molecule has 2 heterocycles. The smallest absolute Gasteiger partial charge is 0.223 e. The minimum absolute atomic E-state index is 0.0417.